The van der Waals surface area contributed by atoms with Gasteiger partial charge in [0, 0.05) is 22.1 Å². The number of benzene rings is 1. The Morgan fingerprint density at radius 2 is 1.93 bits per heavy atom. The van der Waals surface area contributed by atoms with Crippen molar-refractivity contribution in [1.29, 1.82) is 0 Å². The van der Waals surface area contributed by atoms with Crippen LogP contribution >= 0.6 is 22.9 Å². The fourth-order valence-electron chi connectivity index (χ4n) is 4.60. The van der Waals surface area contributed by atoms with Crippen molar-refractivity contribution in [2.45, 2.75) is 50.7 Å². The average Bonchev–Trinajstić information content (AvgIpc) is 3.42. The molecule has 1 aliphatic carbocycles. The molecule has 1 saturated carbocycles. The maximum Gasteiger partial charge on any atom is 0.275 e. The summed E-state index contributed by atoms with van der Waals surface area (Å²) in [4.78, 5) is 29.8. The molecule has 29 heavy (non-hydrogen) atoms. The standard InChI is InChI=1S/C22H22ClN3O2S/c1-22(21(28)24-16-4-2-3-5-16)13-25-18(12-14-10-11-29-20(14)25)19(27)26(22)17-8-6-15(23)7-9-17/h6-12,16H,2-5,13H2,1H3,(H,24,28). The number of hydrogen-bond donors (Lipinski definition) is 1. The van der Waals surface area contributed by atoms with Gasteiger partial charge in [-0.05, 0) is 61.5 Å². The van der Waals surface area contributed by atoms with E-state index in [-0.39, 0.29) is 17.9 Å². The number of amides is 2. The summed E-state index contributed by atoms with van der Waals surface area (Å²) in [5, 5.41) is 6.87. The van der Waals surface area contributed by atoms with Crippen LogP contribution in [0.1, 0.15) is 43.1 Å². The summed E-state index contributed by atoms with van der Waals surface area (Å²) in [5.41, 5.74) is 0.267. The molecule has 2 aromatic heterocycles. The molecule has 2 amide bonds. The van der Waals surface area contributed by atoms with Gasteiger partial charge in [-0.15, -0.1) is 11.3 Å². The van der Waals surface area contributed by atoms with E-state index in [1.165, 1.54) is 0 Å². The predicted octanol–water partition coefficient (Wildman–Crippen LogP) is 4.83. The Balaban J connectivity index is 1.62. The van der Waals surface area contributed by atoms with E-state index in [1.54, 1.807) is 28.4 Å². The molecule has 0 spiro atoms. The van der Waals surface area contributed by atoms with E-state index < -0.39 is 5.54 Å². The summed E-state index contributed by atoms with van der Waals surface area (Å²) in [6, 6.07) is 11.3. The van der Waals surface area contributed by atoms with Gasteiger partial charge in [-0.1, -0.05) is 24.4 Å². The lowest BCUT2D eigenvalue weighted by atomic mass is 9.93. The van der Waals surface area contributed by atoms with Gasteiger partial charge < -0.3 is 9.88 Å². The Bertz CT molecular complexity index is 1100. The van der Waals surface area contributed by atoms with Crippen LogP contribution in [-0.4, -0.2) is 28.0 Å². The molecule has 3 heterocycles. The van der Waals surface area contributed by atoms with Gasteiger partial charge in [0.25, 0.3) is 5.91 Å². The molecular formula is C22H22ClN3O2S. The smallest absolute Gasteiger partial charge is 0.275 e. The van der Waals surface area contributed by atoms with Crippen molar-refractivity contribution in [2.75, 3.05) is 4.90 Å². The Hall–Kier alpha value is -2.31. The molecule has 1 atom stereocenters. The molecule has 1 aromatic carbocycles. The SMILES string of the molecule is CC1(C(=O)NC2CCCC2)Cn2c(cc3ccsc32)C(=O)N1c1ccc(Cl)cc1. The van der Waals surface area contributed by atoms with Crippen LogP contribution in [0.3, 0.4) is 0 Å². The molecule has 2 aliphatic rings. The molecule has 3 aromatic rings. The van der Waals surface area contributed by atoms with Gasteiger partial charge in [-0.25, -0.2) is 0 Å². The molecular weight excluding hydrogens is 406 g/mol. The third-order valence-electron chi connectivity index (χ3n) is 6.15. The summed E-state index contributed by atoms with van der Waals surface area (Å²) in [6.07, 6.45) is 4.28. The van der Waals surface area contributed by atoms with Crippen molar-refractivity contribution in [1.82, 2.24) is 9.88 Å². The second-order valence-corrected chi connectivity index (χ2v) is 9.47. The topological polar surface area (TPSA) is 54.3 Å². The third kappa shape index (κ3) is 2.97. The molecule has 0 radical (unpaired) electrons. The maximum atomic E-state index is 13.6. The molecule has 0 bridgehead atoms. The monoisotopic (exact) mass is 427 g/mol. The van der Waals surface area contributed by atoms with Gasteiger partial charge in [-0.3, -0.25) is 14.5 Å². The molecule has 5 rings (SSSR count). The molecule has 150 valence electrons. The minimum absolute atomic E-state index is 0.100. The van der Waals surface area contributed by atoms with E-state index in [2.05, 4.69) is 5.32 Å². The van der Waals surface area contributed by atoms with Gasteiger partial charge in [-0.2, -0.15) is 0 Å². The lowest BCUT2D eigenvalue weighted by Crippen LogP contribution is -2.65. The number of nitrogens with one attached hydrogen (secondary N) is 1. The summed E-state index contributed by atoms with van der Waals surface area (Å²) < 4.78 is 2.00. The first-order chi connectivity index (χ1) is 14.0. The lowest BCUT2D eigenvalue weighted by molar-refractivity contribution is -0.127. The molecule has 1 fully saturated rings. The minimum Gasteiger partial charge on any atom is -0.351 e. The van der Waals surface area contributed by atoms with Crippen LogP contribution in [0.4, 0.5) is 5.69 Å². The zero-order valence-corrected chi connectivity index (χ0v) is 17.7. The maximum absolute atomic E-state index is 13.6. The zero-order valence-electron chi connectivity index (χ0n) is 16.2. The summed E-state index contributed by atoms with van der Waals surface area (Å²) in [6.45, 7) is 2.28. The van der Waals surface area contributed by atoms with Crippen molar-refractivity contribution in [3.05, 3.63) is 52.5 Å². The van der Waals surface area contributed by atoms with Crippen LogP contribution in [0.2, 0.25) is 5.02 Å². The number of halogens is 1. The Labute approximate surface area is 178 Å². The van der Waals surface area contributed by atoms with Gasteiger partial charge in [0.2, 0.25) is 5.91 Å². The Kier molecular flexibility index (Phi) is 4.44. The van der Waals surface area contributed by atoms with E-state index in [0.717, 1.165) is 35.9 Å². The molecule has 1 N–H and O–H groups in total. The largest absolute Gasteiger partial charge is 0.351 e. The van der Waals surface area contributed by atoms with Crippen LogP contribution in [0.15, 0.2) is 41.8 Å². The van der Waals surface area contributed by atoms with Crippen molar-refractivity contribution < 1.29 is 9.59 Å². The molecule has 1 aliphatic heterocycles. The average molecular weight is 428 g/mol. The Morgan fingerprint density at radius 3 is 2.66 bits per heavy atom. The number of rotatable bonds is 3. The predicted molar refractivity (Wildman–Crippen MR) is 117 cm³/mol. The van der Waals surface area contributed by atoms with Crippen LogP contribution in [0, 0.1) is 0 Å². The van der Waals surface area contributed by atoms with Crippen LogP contribution < -0.4 is 10.2 Å². The number of carbonyl (C=O) groups is 2. The zero-order chi connectivity index (χ0) is 20.2. The number of aromatic nitrogens is 1. The van der Waals surface area contributed by atoms with Gasteiger partial charge in [0.15, 0.2) is 0 Å². The van der Waals surface area contributed by atoms with Gasteiger partial charge >= 0.3 is 0 Å². The minimum atomic E-state index is -1.03. The van der Waals surface area contributed by atoms with Crippen molar-refractivity contribution in [3.63, 3.8) is 0 Å². The summed E-state index contributed by atoms with van der Waals surface area (Å²) in [7, 11) is 0. The lowest BCUT2D eigenvalue weighted by Gasteiger charge is -2.44. The number of nitrogens with zero attached hydrogens (tertiary/aromatic N) is 2. The van der Waals surface area contributed by atoms with E-state index in [1.807, 2.05) is 41.1 Å². The van der Waals surface area contributed by atoms with Crippen LogP contribution in [-0.2, 0) is 11.3 Å². The molecule has 1 unspecified atom stereocenters. The third-order valence-corrected chi connectivity index (χ3v) is 7.35. The first kappa shape index (κ1) is 18.7. The molecule has 0 saturated heterocycles. The fraction of sp³-hybridized carbons (Fsp3) is 0.364. The fourth-order valence-corrected chi connectivity index (χ4v) is 5.63. The van der Waals surface area contributed by atoms with E-state index in [0.29, 0.717) is 22.9 Å². The van der Waals surface area contributed by atoms with E-state index >= 15 is 0 Å². The highest BCUT2D eigenvalue weighted by Gasteiger charge is 2.49. The van der Waals surface area contributed by atoms with Crippen LogP contribution in [0.25, 0.3) is 10.2 Å². The summed E-state index contributed by atoms with van der Waals surface area (Å²) >= 11 is 7.67. The Morgan fingerprint density at radius 1 is 1.21 bits per heavy atom. The highest BCUT2D eigenvalue weighted by atomic mass is 35.5. The van der Waals surface area contributed by atoms with Crippen molar-refractivity contribution in [3.8, 4) is 0 Å². The van der Waals surface area contributed by atoms with E-state index in [9.17, 15) is 9.59 Å². The summed E-state index contributed by atoms with van der Waals surface area (Å²) in [5.74, 6) is -0.261. The quantitative estimate of drug-likeness (QED) is 0.650. The molecule has 5 nitrogen and oxygen atoms in total. The second-order valence-electron chi connectivity index (χ2n) is 8.14. The number of thiophene rings is 1. The first-order valence-corrected chi connectivity index (χ1v) is 11.2. The molecule has 7 heteroatoms. The van der Waals surface area contributed by atoms with Gasteiger partial charge in [0.05, 0.1) is 6.54 Å². The number of fused-ring (bicyclic) bond motifs is 3. The first-order valence-electron chi connectivity index (χ1n) is 9.95. The second kappa shape index (κ2) is 6.89. The van der Waals surface area contributed by atoms with Gasteiger partial charge in [0.1, 0.15) is 16.1 Å². The number of anilines is 1. The van der Waals surface area contributed by atoms with E-state index in [4.69, 9.17) is 11.6 Å². The highest BCUT2D eigenvalue weighted by Crippen LogP contribution is 2.38. The van der Waals surface area contributed by atoms with Crippen molar-refractivity contribution >= 4 is 50.7 Å². The van der Waals surface area contributed by atoms with Crippen LogP contribution in [0.5, 0.6) is 0 Å². The number of hydrogen-bond acceptors (Lipinski definition) is 3. The van der Waals surface area contributed by atoms with Crippen molar-refractivity contribution in [2.24, 2.45) is 0 Å². The normalized spacial score (nSPS) is 22.3. The number of carbonyl (C=O) groups excluding carboxylic acids is 2. The highest BCUT2D eigenvalue weighted by molar-refractivity contribution is 7.16.